The largest absolute Gasteiger partial charge is 0.384 e. The van der Waals surface area contributed by atoms with E-state index in [0.717, 1.165) is 36.8 Å². The fourth-order valence-corrected chi connectivity index (χ4v) is 4.16. The van der Waals surface area contributed by atoms with Gasteiger partial charge in [0.15, 0.2) is 0 Å². The van der Waals surface area contributed by atoms with Gasteiger partial charge in [-0.25, -0.2) is 0 Å². The standard InChI is InChI=1S/C25H32N4O2/c1-18(16-19-8-3-2-4-9-19)25(31)29-15-7-13-22(29)24(30)28-14-6-11-20-10-5-12-21(17-20)23(26)27/h2-5,8-10,12,17-18,22H,6-7,11,13-16H2,1H3,(H3,26,27)(H,28,30)/t18-,22+/m1/s1. The molecule has 31 heavy (non-hydrogen) atoms. The van der Waals surface area contributed by atoms with Crippen LogP contribution >= 0.6 is 0 Å². The summed E-state index contributed by atoms with van der Waals surface area (Å²) in [5.41, 5.74) is 8.49. The van der Waals surface area contributed by atoms with Crippen LogP contribution in [0.2, 0.25) is 0 Å². The number of carbonyl (C=O) groups excluding carboxylic acids is 2. The van der Waals surface area contributed by atoms with Crippen LogP contribution in [-0.2, 0) is 22.4 Å². The Morgan fingerprint density at radius 2 is 1.90 bits per heavy atom. The molecule has 1 heterocycles. The van der Waals surface area contributed by atoms with Crippen LogP contribution in [0.5, 0.6) is 0 Å². The van der Waals surface area contributed by atoms with E-state index in [1.54, 1.807) is 4.90 Å². The van der Waals surface area contributed by atoms with E-state index >= 15 is 0 Å². The highest BCUT2D eigenvalue weighted by molar-refractivity contribution is 5.95. The van der Waals surface area contributed by atoms with Crippen molar-refractivity contribution in [3.8, 4) is 0 Å². The van der Waals surface area contributed by atoms with Gasteiger partial charge in [0.25, 0.3) is 0 Å². The molecule has 2 aromatic rings. The lowest BCUT2D eigenvalue weighted by Gasteiger charge is -2.27. The average molecular weight is 421 g/mol. The minimum atomic E-state index is -0.369. The minimum Gasteiger partial charge on any atom is -0.384 e. The molecule has 2 amide bonds. The maximum absolute atomic E-state index is 13.0. The summed E-state index contributed by atoms with van der Waals surface area (Å²) < 4.78 is 0. The van der Waals surface area contributed by atoms with E-state index in [-0.39, 0.29) is 29.6 Å². The van der Waals surface area contributed by atoms with Gasteiger partial charge in [0.2, 0.25) is 11.8 Å². The number of hydrogen-bond donors (Lipinski definition) is 3. The number of benzene rings is 2. The van der Waals surface area contributed by atoms with Crippen molar-refractivity contribution in [3.63, 3.8) is 0 Å². The molecule has 0 spiro atoms. The molecule has 0 bridgehead atoms. The quantitative estimate of drug-likeness (QED) is 0.330. The van der Waals surface area contributed by atoms with Crippen molar-refractivity contribution < 1.29 is 9.59 Å². The van der Waals surface area contributed by atoms with E-state index in [1.807, 2.05) is 61.5 Å². The van der Waals surface area contributed by atoms with E-state index in [9.17, 15) is 9.59 Å². The molecular formula is C25H32N4O2. The molecule has 0 saturated carbocycles. The number of nitrogens with zero attached hydrogens (tertiary/aromatic N) is 1. The number of aryl methyl sites for hydroxylation is 1. The number of carbonyl (C=O) groups is 2. The normalized spacial score (nSPS) is 16.7. The van der Waals surface area contributed by atoms with Gasteiger partial charge in [-0.05, 0) is 49.3 Å². The van der Waals surface area contributed by atoms with Crippen molar-refractivity contribution in [3.05, 3.63) is 71.3 Å². The van der Waals surface area contributed by atoms with Crippen molar-refractivity contribution >= 4 is 17.6 Å². The van der Waals surface area contributed by atoms with Crippen molar-refractivity contribution in [2.24, 2.45) is 11.7 Å². The van der Waals surface area contributed by atoms with Crippen LogP contribution < -0.4 is 11.1 Å². The van der Waals surface area contributed by atoms with Crippen LogP contribution in [0.1, 0.15) is 42.9 Å². The van der Waals surface area contributed by atoms with Crippen molar-refractivity contribution in [1.82, 2.24) is 10.2 Å². The van der Waals surface area contributed by atoms with Crippen LogP contribution in [0, 0.1) is 11.3 Å². The van der Waals surface area contributed by atoms with Crippen molar-refractivity contribution in [2.45, 2.75) is 45.1 Å². The zero-order valence-corrected chi connectivity index (χ0v) is 18.1. The Hall–Kier alpha value is -3.15. The van der Waals surface area contributed by atoms with Gasteiger partial charge < -0.3 is 16.0 Å². The molecule has 4 N–H and O–H groups in total. The maximum atomic E-state index is 13.0. The number of amidine groups is 1. The monoisotopic (exact) mass is 420 g/mol. The summed E-state index contributed by atoms with van der Waals surface area (Å²) in [5.74, 6) is -0.0928. The topological polar surface area (TPSA) is 99.3 Å². The molecule has 2 atom stereocenters. The lowest BCUT2D eigenvalue weighted by molar-refractivity contribution is -0.141. The summed E-state index contributed by atoms with van der Waals surface area (Å²) in [6.45, 7) is 3.15. The molecule has 0 aromatic heterocycles. The highest BCUT2D eigenvalue weighted by Gasteiger charge is 2.35. The smallest absolute Gasteiger partial charge is 0.242 e. The van der Waals surface area contributed by atoms with Gasteiger partial charge in [-0.3, -0.25) is 15.0 Å². The van der Waals surface area contributed by atoms with E-state index in [2.05, 4.69) is 5.32 Å². The number of nitrogens with one attached hydrogen (secondary N) is 2. The van der Waals surface area contributed by atoms with E-state index in [1.165, 1.54) is 0 Å². The number of rotatable bonds is 9. The van der Waals surface area contributed by atoms with Crippen molar-refractivity contribution in [2.75, 3.05) is 13.1 Å². The molecule has 3 rings (SSSR count). The first-order valence-electron chi connectivity index (χ1n) is 11.0. The summed E-state index contributed by atoms with van der Waals surface area (Å²) in [7, 11) is 0. The second kappa shape index (κ2) is 10.8. The Labute approximate surface area is 184 Å². The first-order chi connectivity index (χ1) is 15.0. The second-order valence-electron chi connectivity index (χ2n) is 8.29. The number of nitrogens with two attached hydrogens (primary N) is 1. The SMILES string of the molecule is C[C@H](Cc1ccccc1)C(=O)N1CCC[C@H]1C(=O)NCCCc1cccc(C(=N)N)c1. The zero-order valence-electron chi connectivity index (χ0n) is 18.1. The van der Waals surface area contributed by atoms with Crippen LogP contribution in [-0.4, -0.2) is 41.7 Å². The Morgan fingerprint density at radius 1 is 1.16 bits per heavy atom. The van der Waals surface area contributed by atoms with E-state index in [0.29, 0.717) is 25.1 Å². The predicted octanol–water partition coefficient (Wildman–Crippen LogP) is 2.89. The summed E-state index contributed by atoms with van der Waals surface area (Å²) in [6.07, 6.45) is 3.85. The average Bonchev–Trinajstić information content (AvgIpc) is 3.27. The number of nitrogen functional groups attached to an aromatic ring is 1. The molecule has 0 radical (unpaired) electrons. The van der Waals surface area contributed by atoms with E-state index < -0.39 is 0 Å². The predicted molar refractivity (Wildman–Crippen MR) is 123 cm³/mol. The molecule has 1 fully saturated rings. The van der Waals surface area contributed by atoms with Crippen LogP contribution in [0.15, 0.2) is 54.6 Å². The number of amides is 2. The fraction of sp³-hybridized carbons (Fsp3) is 0.400. The molecule has 0 unspecified atom stereocenters. The van der Waals surface area contributed by atoms with Gasteiger partial charge in [0, 0.05) is 24.6 Å². The van der Waals surface area contributed by atoms with Crippen LogP contribution in [0.4, 0.5) is 0 Å². The number of likely N-dealkylation sites (tertiary alicyclic amines) is 1. The fourth-order valence-electron chi connectivity index (χ4n) is 4.16. The van der Waals surface area contributed by atoms with Gasteiger partial charge in [0.1, 0.15) is 11.9 Å². The lowest BCUT2D eigenvalue weighted by Crippen LogP contribution is -2.48. The Balaban J connectivity index is 1.47. The molecule has 2 aromatic carbocycles. The van der Waals surface area contributed by atoms with Crippen molar-refractivity contribution in [1.29, 1.82) is 5.41 Å². The summed E-state index contributed by atoms with van der Waals surface area (Å²) in [4.78, 5) is 27.5. The van der Waals surface area contributed by atoms with Crippen LogP contribution in [0.3, 0.4) is 0 Å². The molecule has 6 nitrogen and oxygen atoms in total. The molecular weight excluding hydrogens is 388 g/mol. The Kier molecular flexibility index (Phi) is 7.82. The molecule has 1 aliphatic heterocycles. The van der Waals surface area contributed by atoms with Gasteiger partial charge in [-0.2, -0.15) is 0 Å². The molecule has 0 aliphatic carbocycles. The van der Waals surface area contributed by atoms with Gasteiger partial charge in [-0.15, -0.1) is 0 Å². The summed E-state index contributed by atoms with van der Waals surface area (Å²) in [6, 6.07) is 17.2. The number of hydrogen-bond acceptors (Lipinski definition) is 3. The first kappa shape index (κ1) is 22.5. The molecule has 6 heteroatoms. The third-order valence-corrected chi connectivity index (χ3v) is 5.82. The summed E-state index contributed by atoms with van der Waals surface area (Å²) >= 11 is 0. The van der Waals surface area contributed by atoms with Gasteiger partial charge >= 0.3 is 0 Å². The second-order valence-corrected chi connectivity index (χ2v) is 8.29. The highest BCUT2D eigenvalue weighted by atomic mass is 16.2. The third-order valence-electron chi connectivity index (χ3n) is 5.82. The molecule has 164 valence electrons. The maximum Gasteiger partial charge on any atom is 0.242 e. The molecule has 1 aliphatic rings. The van der Waals surface area contributed by atoms with Gasteiger partial charge in [-0.1, -0.05) is 55.5 Å². The Morgan fingerprint density at radius 3 is 2.65 bits per heavy atom. The highest BCUT2D eigenvalue weighted by Crippen LogP contribution is 2.22. The zero-order chi connectivity index (χ0) is 22.2. The minimum absolute atomic E-state index is 0.0579. The first-order valence-corrected chi connectivity index (χ1v) is 11.0. The van der Waals surface area contributed by atoms with Gasteiger partial charge in [0.05, 0.1) is 0 Å². The summed E-state index contributed by atoms with van der Waals surface area (Å²) in [5, 5.41) is 10.5. The third kappa shape index (κ3) is 6.17. The Bertz CT molecular complexity index is 913. The van der Waals surface area contributed by atoms with E-state index in [4.69, 9.17) is 11.1 Å². The van der Waals surface area contributed by atoms with Crippen LogP contribution in [0.25, 0.3) is 0 Å². The molecule has 1 saturated heterocycles. The lowest BCUT2D eigenvalue weighted by atomic mass is 9.99.